The minimum atomic E-state index is -0.229. The van der Waals surface area contributed by atoms with Crippen molar-refractivity contribution in [2.24, 2.45) is 4.99 Å². The fraction of sp³-hybridized carbons (Fsp3) is 0.947. The van der Waals surface area contributed by atoms with Crippen molar-refractivity contribution in [2.75, 3.05) is 65.4 Å². The van der Waals surface area contributed by atoms with Crippen LogP contribution in [-0.2, 0) is 12.6 Å². The molecule has 0 saturated carbocycles. The Morgan fingerprint density at radius 2 is 1.12 bits per heavy atom. The van der Waals surface area contributed by atoms with Crippen molar-refractivity contribution in [3.8, 4) is 0 Å². The lowest BCUT2D eigenvalue weighted by Crippen LogP contribution is -2.41. The summed E-state index contributed by atoms with van der Waals surface area (Å²) >= 11 is 5.46. The van der Waals surface area contributed by atoms with E-state index in [0.717, 1.165) is 71.2 Å². The molecule has 5 heteroatoms. The molecule has 0 aromatic carbocycles. The third kappa shape index (κ3) is 10.7. The fourth-order valence-electron chi connectivity index (χ4n) is 2.53. The van der Waals surface area contributed by atoms with Gasteiger partial charge in [-0.05, 0) is 38.8 Å². The molecule has 0 aliphatic carbocycles. The van der Waals surface area contributed by atoms with Gasteiger partial charge in [0.15, 0.2) is 0 Å². The molecule has 0 unspecified atom stereocenters. The van der Waals surface area contributed by atoms with Crippen LogP contribution in [0.5, 0.6) is 0 Å². The molecule has 0 aromatic heterocycles. The molecule has 4 nitrogen and oxygen atoms in total. The molecular formula is C19H41N4S-. The highest BCUT2D eigenvalue weighted by Crippen LogP contribution is 2.06. The second kappa shape index (κ2) is 13.2. The number of hydrogen-bond donors (Lipinski definition) is 0. The Morgan fingerprint density at radius 1 is 0.750 bits per heavy atom. The first kappa shape index (κ1) is 23.9. The molecule has 0 aliphatic heterocycles. The Hall–Kier alpha value is -0.100. The van der Waals surface area contributed by atoms with E-state index in [4.69, 9.17) is 17.6 Å². The minimum absolute atomic E-state index is 0.229. The summed E-state index contributed by atoms with van der Waals surface area (Å²) in [5.41, 5.74) is 1.07. The molecule has 0 fully saturated rings. The topological polar surface area (TPSA) is 22.1 Å². The first-order valence-electron chi connectivity index (χ1n) is 9.67. The average Bonchev–Trinajstić information content (AvgIpc) is 2.54. The van der Waals surface area contributed by atoms with Crippen LogP contribution in [0.1, 0.15) is 48.5 Å². The molecule has 0 rings (SSSR count). The van der Waals surface area contributed by atoms with Gasteiger partial charge in [0.05, 0.1) is 6.54 Å². The molecule has 0 aromatic rings. The third-order valence-electron chi connectivity index (χ3n) is 4.89. The summed E-state index contributed by atoms with van der Waals surface area (Å²) in [6.07, 6.45) is 0. The molecule has 0 saturated heterocycles. The summed E-state index contributed by atoms with van der Waals surface area (Å²) in [6.45, 7) is 26.0. The van der Waals surface area contributed by atoms with Crippen molar-refractivity contribution in [3.63, 3.8) is 0 Å². The highest BCUT2D eigenvalue weighted by molar-refractivity contribution is 7.61. The Bertz CT molecular complexity index is 315. The molecule has 24 heavy (non-hydrogen) atoms. The number of nitrogens with zero attached hydrogens (tertiary/aromatic N) is 4. The molecule has 0 atom stereocenters. The van der Waals surface area contributed by atoms with E-state index in [1.807, 2.05) is 0 Å². The SMILES string of the molecule is CCN(CC)CCN(CCN=C(C)C(C)(C)[S-])CCN(CC)CC. The van der Waals surface area contributed by atoms with Crippen LogP contribution in [0, 0.1) is 0 Å². The van der Waals surface area contributed by atoms with Gasteiger partial charge in [-0.25, -0.2) is 0 Å². The third-order valence-corrected chi connectivity index (χ3v) is 5.19. The van der Waals surface area contributed by atoms with Gasteiger partial charge in [0.25, 0.3) is 0 Å². The number of hydrogen-bond acceptors (Lipinski definition) is 5. The van der Waals surface area contributed by atoms with E-state index in [9.17, 15) is 0 Å². The number of likely N-dealkylation sites (N-methyl/N-ethyl adjacent to an activating group) is 2. The van der Waals surface area contributed by atoms with Gasteiger partial charge >= 0.3 is 0 Å². The molecule has 0 radical (unpaired) electrons. The van der Waals surface area contributed by atoms with Gasteiger partial charge in [-0.2, -0.15) is 0 Å². The summed E-state index contributed by atoms with van der Waals surface area (Å²) in [4.78, 5) is 12.3. The first-order chi connectivity index (χ1) is 11.3. The van der Waals surface area contributed by atoms with Crippen LogP contribution < -0.4 is 0 Å². The van der Waals surface area contributed by atoms with Gasteiger partial charge in [-0.1, -0.05) is 41.5 Å². The largest absolute Gasteiger partial charge is 0.781 e. The van der Waals surface area contributed by atoms with Crippen molar-refractivity contribution in [1.82, 2.24) is 14.7 Å². The second-order valence-corrected chi connectivity index (χ2v) is 7.89. The Labute approximate surface area is 157 Å². The van der Waals surface area contributed by atoms with Gasteiger partial charge in [-0.15, -0.1) is 4.75 Å². The monoisotopic (exact) mass is 357 g/mol. The van der Waals surface area contributed by atoms with Crippen LogP contribution in [-0.4, -0.2) is 90.6 Å². The molecule has 0 heterocycles. The Kier molecular flexibility index (Phi) is 13.1. The average molecular weight is 358 g/mol. The molecule has 0 aliphatic rings. The predicted octanol–water partition coefficient (Wildman–Crippen LogP) is 2.76. The summed E-state index contributed by atoms with van der Waals surface area (Å²) in [5, 5.41) is 0. The van der Waals surface area contributed by atoms with Gasteiger partial charge in [0, 0.05) is 32.7 Å². The summed E-state index contributed by atoms with van der Waals surface area (Å²) in [6, 6.07) is 0. The van der Waals surface area contributed by atoms with Gasteiger partial charge in [0.2, 0.25) is 0 Å². The van der Waals surface area contributed by atoms with Crippen LogP contribution in [0.3, 0.4) is 0 Å². The van der Waals surface area contributed by atoms with Crippen LogP contribution >= 0.6 is 0 Å². The lowest BCUT2D eigenvalue weighted by molar-refractivity contribution is 0.189. The first-order valence-corrected chi connectivity index (χ1v) is 10.1. The van der Waals surface area contributed by atoms with Crippen LogP contribution in [0.2, 0.25) is 0 Å². The van der Waals surface area contributed by atoms with Crippen LogP contribution in [0.25, 0.3) is 0 Å². The summed E-state index contributed by atoms with van der Waals surface area (Å²) in [7, 11) is 0. The van der Waals surface area contributed by atoms with Gasteiger partial charge < -0.3 is 22.4 Å². The maximum atomic E-state index is 5.46. The van der Waals surface area contributed by atoms with Crippen molar-refractivity contribution in [2.45, 2.75) is 53.2 Å². The Balaban J connectivity index is 4.55. The number of aliphatic imine (C=N–C) groups is 1. The smallest absolute Gasteiger partial charge is 0.0515 e. The number of rotatable bonds is 14. The highest BCUT2D eigenvalue weighted by atomic mass is 32.1. The normalized spacial score (nSPS) is 13.5. The zero-order valence-electron chi connectivity index (χ0n) is 17.3. The molecular weight excluding hydrogens is 316 g/mol. The minimum Gasteiger partial charge on any atom is -0.781 e. The lowest BCUT2D eigenvalue weighted by Gasteiger charge is -2.32. The lowest BCUT2D eigenvalue weighted by atomic mass is 10.1. The van der Waals surface area contributed by atoms with Crippen molar-refractivity contribution >= 4 is 18.3 Å². The van der Waals surface area contributed by atoms with Gasteiger partial charge in [-0.3, -0.25) is 9.89 Å². The predicted molar refractivity (Wildman–Crippen MR) is 111 cm³/mol. The Morgan fingerprint density at radius 3 is 1.46 bits per heavy atom. The van der Waals surface area contributed by atoms with Crippen molar-refractivity contribution in [3.05, 3.63) is 0 Å². The molecule has 0 spiro atoms. The molecule has 0 bridgehead atoms. The van der Waals surface area contributed by atoms with Crippen LogP contribution in [0.4, 0.5) is 0 Å². The second-order valence-electron chi connectivity index (χ2n) is 6.87. The maximum absolute atomic E-state index is 5.46. The molecule has 0 amide bonds. The summed E-state index contributed by atoms with van der Waals surface area (Å²) in [5.74, 6) is 0. The van der Waals surface area contributed by atoms with E-state index >= 15 is 0 Å². The van der Waals surface area contributed by atoms with E-state index in [2.05, 4.69) is 63.2 Å². The van der Waals surface area contributed by atoms with Gasteiger partial charge in [0.1, 0.15) is 0 Å². The van der Waals surface area contributed by atoms with Crippen LogP contribution in [0.15, 0.2) is 4.99 Å². The maximum Gasteiger partial charge on any atom is 0.0515 e. The van der Waals surface area contributed by atoms with E-state index in [0.29, 0.717) is 0 Å². The molecule has 144 valence electrons. The molecule has 0 N–H and O–H groups in total. The standard InChI is InChI=1S/C19H42N4S/c1-8-21(9-2)14-16-23(17-15-22(10-3)11-4)13-12-20-18(5)19(6,7)24/h24H,8-17H2,1-7H3/p-1. The van der Waals surface area contributed by atoms with Crippen molar-refractivity contribution < 1.29 is 0 Å². The van der Waals surface area contributed by atoms with E-state index in [1.54, 1.807) is 0 Å². The van der Waals surface area contributed by atoms with E-state index in [-0.39, 0.29) is 4.75 Å². The highest BCUT2D eigenvalue weighted by Gasteiger charge is 2.10. The fourth-order valence-corrected chi connectivity index (χ4v) is 2.59. The quantitative estimate of drug-likeness (QED) is 0.352. The van der Waals surface area contributed by atoms with Crippen molar-refractivity contribution in [1.29, 1.82) is 0 Å². The zero-order chi connectivity index (χ0) is 18.6. The van der Waals surface area contributed by atoms with E-state index in [1.165, 1.54) is 0 Å². The zero-order valence-corrected chi connectivity index (χ0v) is 18.1. The van der Waals surface area contributed by atoms with E-state index < -0.39 is 0 Å². The summed E-state index contributed by atoms with van der Waals surface area (Å²) < 4.78 is -0.229.